The second kappa shape index (κ2) is 8.32. The van der Waals surface area contributed by atoms with Crippen LogP contribution >= 0.6 is 0 Å². The molecule has 0 atom stereocenters. The third-order valence-corrected chi connectivity index (χ3v) is 3.62. The number of hydrogen-bond acceptors (Lipinski definition) is 5. The van der Waals surface area contributed by atoms with Gasteiger partial charge in [-0.1, -0.05) is 44.9 Å². The molecule has 118 valence electrons. The number of anilines is 3. The van der Waals surface area contributed by atoms with Crippen molar-refractivity contribution in [3.8, 4) is 0 Å². The minimum atomic E-state index is 0.577. The third kappa shape index (κ3) is 4.41. The first-order valence-corrected chi connectivity index (χ1v) is 8.03. The molecule has 2 aromatic rings. The Morgan fingerprint density at radius 2 is 2.00 bits per heavy atom. The molecule has 2 rings (SSSR count). The number of hydrogen-bond donors (Lipinski definition) is 2. The van der Waals surface area contributed by atoms with E-state index in [9.17, 15) is 0 Å². The minimum absolute atomic E-state index is 0.577. The highest BCUT2D eigenvalue weighted by Crippen LogP contribution is 2.24. The predicted octanol–water partition coefficient (Wildman–Crippen LogP) is 4.09. The Morgan fingerprint density at radius 1 is 1.14 bits per heavy atom. The van der Waals surface area contributed by atoms with Crippen molar-refractivity contribution in [2.45, 2.75) is 46.5 Å². The molecule has 2 N–H and O–H groups in total. The van der Waals surface area contributed by atoms with Crippen molar-refractivity contribution < 1.29 is 0 Å². The Balaban J connectivity index is 2.07. The summed E-state index contributed by atoms with van der Waals surface area (Å²) in [4.78, 5) is 4.49. The summed E-state index contributed by atoms with van der Waals surface area (Å²) in [6.45, 7) is 7.32. The van der Waals surface area contributed by atoms with Gasteiger partial charge in [0.1, 0.15) is 0 Å². The van der Waals surface area contributed by atoms with Crippen LogP contribution in [0.5, 0.6) is 0 Å². The monoisotopic (exact) mass is 299 g/mol. The van der Waals surface area contributed by atoms with E-state index in [0.29, 0.717) is 5.95 Å². The quantitative estimate of drug-likeness (QED) is 0.719. The van der Waals surface area contributed by atoms with E-state index < -0.39 is 0 Å². The number of benzene rings is 1. The van der Waals surface area contributed by atoms with E-state index in [1.165, 1.54) is 24.0 Å². The number of rotatable bonds is 8. The molecule has 0 spiro atoms. The normalized spacial score (nSPS) is 10.5. The number of nitrogens with one attached hydrogen (secondary N) is 2. The van der Waals surface area contributed by atoms with Crippen LogP contribution in [-0.2, 0) is 6.42 Å². The molecule has 5 nitrogen and oxygen atoms in total. The second-order valence-electron chi connectivity index (χ2n) is 5.39. The molecular formula is C17H25N5. The topological polar surface area (TPSA) is 62.7 Å². The molecule has 1 heterocycles. The highest BCUT2D eigenvalue weighted by atomic mass is 15.3. The lowest BCUT2D eigenvalue weighted by molar-refractivity contribution is 0.738. The molecule has 0 unspecified atom stereocenters. The molecule has 0 fully saturated rings. The average Bonchev–Trinajstić information content (AvgIpc) is 2.54. The summed E-state index contributed by atoms with van der Waals surface area (Å²) in [7, 11) is 0. The van der Waals surface area contributed by atoms with E-state index in [2.05, 4.69) is 64.8 Å². The van der Waals surface area contributed by atoms with Crippen LogP contribution in [0, 0.1) is 6.92 Å². The molecule has 0 saturated carbocycles. The summed E-state index contributed by atoms with van der Waals surface area (Å²) in [6, 6.07) is 6.31. The van der Waals surface area contributed by atoms with Gasteiger partial charge in [-0.25, -0.2) is 0 Å². The van der Waals surface area contributed by atoms with Crippen LogP contribution in [0.2, 0.25) is 0 Å². The van der Waals surface area contributed by atoms with Gasteiger partial charge in [0.2, 0.25) is 5.95 Å². The van der Waals surface area contributed by atoms with Gasteiger partial charge in [-0.15, -0.1) is 5.10 Å². The summed E-state index contributed by atoms with van der Waals surface area (Å²) < 4.78 is 0. The highest BCUT2D eigenvalue weighted by molar-refractivity contribution is 5.64. The van der Waals surface area contributed by atoms with Crippen molar-refractivity contribution in [3.05, 3.63) is 35.5 Å². The number of nitrogens with zero attached hydrogens (tertiary/aromatic N) is 3. The first-order valence-electron chi connectivity index (χ1n) is 8.03. The van der Waals surface area contributed by atoms with Gasteiger partial charge in [-0.05, 0) is 30.9 Å². The SMILES string of the molecule is CCCCCNc1nncc(Nc2c(C)cccc2CC)n1. The van der Waals surface area contributed by atoms with Crippen LogP contribution < -0.4 is 10.6 Å². The fourth-order valence-electron chi connectivity index (χ4n) is 2.34. The number of aryl methyl sites for hydroxylation is 2. The summed E-state index contributed by atoms with van der Waals surface area (Å²) in [6.07, 6.45) is 6.17. The standard InChI is InChI=1S/C17H25N5/c1-4-6-7-11-18-17-21-15(12-19-22-17)20-16-13(3)9-8-10-14(16)5-2/h8-10,12H,4-7,11H2,1-3H3,(H2,18,20,21,22). The van der Waals surface area contributed by atoms with Gasteiger partial charge in [-0.3, -0.25) is 0 Å². The zero-order valence-electron chi connectivity index (χ0n) is 13.7. The number of aromatic nitrogens is 3. The summed E-state index contributed by atoms with van der Waals surface area (Å²) in [5.74, 6) is 1.30. The Hall–Kier alpha value is -2.17. The lowest BCUT2D eigenvalue weighted by Crippen LogP contribution is -2.08. The maximum atomic E-state index is 4.49. The number of para-hydroxylation sites is 1. The van der Waals surface area contributed by atoms with Crippen LogP contribution in [0.4, 0.5) is 17.5 Å². The molecule has 0 saturated heterocycles. The summed E-state index contributed by atoms with van der Waals surface area (Å²) >= 11 is 0. The van der Waals surface area contributed by atoms with Crippen LogP contribution in [0.25, 0.3) is 0 Å². The Kier molecular flexibility index (Phi) is 6.13. The van der Waals surface area contributed by atoms with Gasteiger partial charge in [-0.2, -0.15) is 10.1 Å². The summed E-state index contributed by atoms with van der Waals surface area (Å²) in [5, 5.41) is 14.7. The van der Waals surface area contributed by atoms with Gasteiger partial charge in [0.05, 0.1) is 6.20 Å². The van der Waals surface area contributed by atoms with Crippen molar-refractivity contribution in [2.75, 3.05) is 17.2 Å². The van der Waals surface area contributed by atoms with Crippen LogP contribution in [0.1, 0.15) is 44.2 Å². The first kappa shape index (κ1) is 16.2. The lowest BCUT2D eigenvalue weighted by atomic mass is 10.1. The molecule has 0 aliphatic carbocycles. The van der Waals surface area contributed by atoms with E-state index in [-0.39, 0.29) is 0 Å². The molecule has 0 aliphatic heterocycles. The largest absolute Gasteiger partial charge is 0.353 e. The Bertz CT molecular complexity index is 597. The average molecular weight is 299 g/mol. The van der Waals surface area contributed by atoms with E-state index in [1.807, 2.05) is 0 Å². The third-order valence-electron chi connectivity index (χ3n) is 3.62. The van der Waals surface area contributed by atoms with Gasteiger partial charge in [0, 0.05) is 12.2 Å². The second-order valence-corrected chi connectivity index (χ2v) is 5.39. The van der Waals surface area contributed by atoms with Crippen molar-refractivity contribution >= 4 is 17.5 Å². The van der Waals surface area contributed by atoms with Gasteiger partial charge >= 0.3 is 0 Å². The minimum Gasteiger partial charge on any atom is -0.353 e. The molecule has 22 heavy (non-hydrogen) atoms. The maximum absolute atomic E-state index is 4.49. The fourth-order valence-corrected chi connectivity index (χ4v) is 2.34. The van der Waals surface area contributed by atoms with Crippen LogP contribution in [0.15, 0.2) is 24.4 Å². The lowest BCUT2D eigenvalue weighted by Gasteiger charge is -2.13. The van der Waals surface area contributed by atoms with E-state index in [4.69, 9.17) is 0 Å². The zero-order valence-corrected chi connectivity index (χ0v) is 13.7. The molecule has 5 heteroatoms. The van der Waals surface area contributed by atoms with Crippen LogP contribution in [-0.4, -0.2) is 21.7 Å². The molecule has 0 bridgehead atoms. The molecule has 0 amide bonds. The maximum Gasteiger partial charge on any atom is 0.244 e. The number of unbranched alkanes of at least 4 members (excludes halogenated alkanes) is 2. The Labute approximate surface area is 132 Å². The van der Waals surface area contributed by atoms with Crippen LogP contribution in [0.3, 0.4) is 0 Å². The van der Waals surface area contributed by atoms with Gasteiger partial charge in [0.25, 0.3) is 0 Å². The molecule has 0 aliphatic rings. The van der Waals surface area contributed by atoms with E-state index >= 15 is 0 Å². The van der Waals surface area contributed by atoms with Crippen molar-refractivity contribution in [3.63, 3.8) is 0 Å². The molecule has 0 radical (unpaired) electrons. The molecular weight excluding hydrogens is 274 g/mol. The fraction of sp³-hybridized carbons (Fsp3) is 0.471. The van der Waals surface area contributed by atoms with Gasteiger partial charge < -0.3 is 10.6 Å². The molecule has 1 aromatic carbocycles. The van der Waals surface area contributed by atoms with Crippen molar-refractivity contribution in [2.24, 2.45) is 0 Å². The van der Waals surface area contributed by atoms with Crippen molar-refractivity contribution in [1.82, 2.24) is 15.2 Å². The van der Waals surface area contributed by atoms with Gasteiger partial charge in [0.15, 0.2) is 5.82 Å². The smallest absolute Gasteiger partial charge is 0.244 e. The predicted molar refractivity (Wildman–Crippen MR) is 91.7 cm³/mol. The first-order chi connectivity index (χ1) is 10.7. The van der Waals surface area contributed by atoms with E-state index in [0.717, 1.165) is 30.9 Å². The molecule has 1 aromatic heterocycles. The van der Waals surface area contributed by atoms with Crippen molar-refractivity contribution in [1.29, 1.82) is 0 Å². The Morgan fingerprint density at radius 3 is 2.77 bits per heavy atom. The zero-order chi connectivity index (χ0) is 15.8. The van der Waals surface area contributed by atoms with E-state index in [1.54, 1.807) is 6.20 Å². The summed E-state index contributed by atoms with van der Waals surface area (Å²) in [5.41, 5.74) is 3.59. The highest BCUT2D eigenvalue weighted by Gasteiger charge is 2.06.